The van der Waals surface area contributed by atoms with Crippen molar-refractivity contribution < 1.29 is 9.47 Å². The van der Waals surface area contributed by atoms with Gasteiger partial charge >= 0.3 is 0 Å². The molecule has 1 N–H and O–H groups in total. The molecule has 21 heavy (non-hydrogen) atoms. The maximum atomic E-state index is 6.07. The second kappa shape index (κ2) is 5.98. The molecule has 1 aliphatic heterocycles. The number of rotatable bonds is 4. The predicted molar refractivity (Wildman–Crippen MR) is 84.8 cm³/mol. The van der Waals surface area contributed by atoms with Gasteiger partial charge in [-0.1, -0.05) is 12.1 Å². The molecule has 1 heterocycles. The van der Waals surface area contributed by atoms with Crippen LogP contribution in [0.15, 0.2) is 18.2 Å². The van der Waals surface area contributed by atoms with Crippen molar-refractivity contribution in [2.24, 2.45) is 5.92 Å². The summed E-state index contributed by atoms with van der Waals surface area (Å²) in [7, 11) is 3.81. The van der Waals surface area contributed by atoms with Crippen LogP contribution in [0.2, 0.25) is 0 Å². The van der Waals surface area contributed by atoms with E-state index in [4.69, 9.17) is 9.47 Å². The maximum absolute atomic E-state index is 6.07. The first-order valence-corrected chi connectivity index (χ1v) is 8.13. The van der Waals surface area contributed by atoms with Gasteiger partial charge < -0.3 is 14.8 Å². The summed E-state index contributed by atoms with van der Waals surface area (Å²) in [5.74, 6) is 1.63. The molecule has 1 spiro atoms. The first-order valence-electron chi connectivity index (χ1n) is 8.13. The summed E-state index contributed by atoms with van der Waals surface area (Å²) < 4.78 is 11.5. The van der Waals surface area contributed by atoms with Crippen LogP contribution in [0.25, 0.3) is 0 Å². The normalized spacial score (nSPS) is 25.4. The zero-order chi connectivity index (χ0) is 14.9. The lowest BCUT2D eigenvalue weighted by atomic mass is 9.69. The van der Waals surface area contributed by atoms with E-state index in [9.17, 15) is 0 Å². The minimum Gasteiger partial charge on any atom is -0.496 e. The van der Waals surface area contributed by atoms with E-state index in [1.807, 2.05) is 0 Å². The fraction of sp³-hybridized carbons (Fsp3) is 0.667. The average molecular weight is 289 g/mol. The molecule has 1 saturated heterocycles. The summed E-state index contributed by atoms with van der Waals surface area (Å²) >= 11 is 0. The Balaban J connectivity index is 1.79. The first-order chi connectivity index (χ1) is 10.2. The van der Waals surface area contributed by atoms with E-state index in [0.717, 1.165) is 18.8 Å². The third-order valence-electron chi connectivity index (χ3n) is 5.36. The molecule has 1 aromatic rings. The van der Waals surface area contributed by atoms with Crippen LogP contribution in [-0.4, -0.2) is 26.4 Å². The highest BCUT2D eigenvalue weighted by Gasteiger charge is 2.44. The second-order valence-corrected chi connectivity index (χ2v) is 6.63. The van der Waals surface area contributed by atoms with Crippen LogP contribution in [0.5, 0.6) is 5.75 Å². The third kappa shape index (κ3) is 2.82. The molecule has 2 unspecified atom stereocenters. The van der Waals surface area contributed by atoms with Crippen LogP contribution in [-0.2, 0) is 4.74 Å². The first kappa shape index (κ1) is 14.9. The summed E-state index contributed by atoms with van der Waals surface area (Å²) in [5.41, 5.74) is 2.79. The summed E-state index contributed by atoms with van der Waals surface area (Å²) in [6.45, 7) is 3.03. The van der Waals surface area contributed by atoms with E-state index in [0.29, 0.717) is 12.0 Å². The highest BCUT2D eigenvalue weighted by Crippen LogP contribution is 2.47. The number of methoxy groups -OCH3 is 1. The molecule has 1 aromatic carbocycles. The number of hydrogen-bond donors (Lipinski definition) is 1. The Hall–Kier alpha value is -1.06. The van der Waals surface area contributed by atoms with E-state index in [1.54, 1.807) is 7.11 Å². The van der Waals surface area contributed by atoms with Gasteiger partial charge in [-0.25, -0.2) is 0 Å². The Morgan fingerprint density at radius 1 is 1.38 bits per heavy atom. The van der Waals surface area contributed by atoms with E-state index >= 15 is 0 Å². The number of nitrogens with one attached hydrogen (secondary N) is 1. The molecular formula is C18H27NO2. The second-order valence-electron chi connectivity index (χ2n) is 6.63. The minimum atomic E-state index is 0.208. The van der Waals surface area contributed by atoms with Crippen LogP contribution in [0, 0.1) is 12.8 Å². The topological polar surface area (TPSA) is 30.5 Å². The van der Waals surface area contributed by atoms with Crippen LogP contribution < -0.4 is 10.1 Å². The van der Waals surface area contributed by atoms with Crippen LogP contribution >= 0.6 is 0 Å². The predicted octanol–water partition coefficient (Wildman–Crippen LogP) is 3.61. The smallest absolute Gasteiger partial charge is 0.121 e. The maximum Gasteiger partial charge on any atom is 0.121 e. The molecule has 3 nitrogen and oxygen atoms in total. The van der Waals surface area contributed by atoms with Gasteiger partial charge in [-0.2, -0.15) is 0 Å². The van der Waals surface area contributed by atoms with Gasteiger partial charge in [0.2, 0.25) is 0 Å². The monoisotopic (exact) mass is 289 g/mol. The Labute approximate surface area is 128 Å². The SMILES string of the molecule is CNC(c1ccc(OC)c(C)c1)C1CCOC2(CCC2)C1. The quantitative estimate of drug-likeness (QED) is 0.918. The lowest BCUT2D eigenvalue weighted by Crippen LogP contribution is -2.47. The fourth-order valence-corrected chi connectivity index (χ4v) is 4.04. The summed E-state index contributed by atoms with van der Waals surface area (Å²) in [4.78, 5) is 0. The van der Waals surface area contributed by atoms with Crippen molar-refractivity contribution in [1.29, 1.82) is 0 Å². The zero-order valence-corrected chi connectivity index (χ0v) is 13.4. The number of ether oxygens (including phenoxy) is 2. The molecule has 2 fully saturated rings. The lowest BCUT2D eigenvalue weighted by Gasteiger charge is -2.48. The molecule has 2 aliphatic rings. The van der Waals surface area contributed by atoms with Gasteiger partial charge in [-0.15, -0.1) is 0 Å². The Morgan fingerprint density at radius 2 is 2.19 bits per heavy atom. The highest BCUT2D eigenvalue weighted by molar-refractivity contribution is 5.37. The molecule has 0 amide bonds. The Bertz CT molecular complexity index is 496. The average Bonchev–Trinajstić information content (AvgIpc) is 2.47. The molecule has 1 saturated carbocycles. The molecule has 3 rings (SSSR count). The lowest BCUT2D eigenvalue weighted by molar-refractivity contribution is -0.147. The highest BCUT2D eigenvalue weighted by atomic mass is 16.5. The molecule has 3 heteroatoms. The summed E-state index contributed by atoms with van der Waals surface area (Å²) in [6, 6.07) is 6.97. The number of aryl methyl sites for hydroxylation is 1. The van der Waals surface area contributed by atoms with Crippen molar-refractivity contribution in [3.05, 3.63) is 29.3 Å². The molecule has 2 atom stereocenters. The molecule has 0 aromatic heterocycles. The van der Waals surface area contributed by atoms with Gasteiger partial charge in [-0.3, -0.25) is 0 Å². The van der Waals surface area contributed by atoms with E-state index in [-0.39, 0.29) is 5.60 Å². The molecule has 116 valence electrons. The fourth-order valence-electron chi connectivity index (χ4n) is 4.04. The molecule has 0 bridgehead atoms. The van der Waals surface area contributed by atoms with E-state index in [1.165, 1.54) is 36.8 Å². The Kier molecular flexibility index (Phi) is 4.23. The largest absolute Gasteiger partial charge is 0.496 e. The molecular weight excluding hydrogens is 262 g/mol. The van der Waals surface area contributed by atoms with Crippen molar-refractivity contribution in [3.63, 3.8) is 0 Å². The van der Waals surface area contributed by atoms with Gasteiger partial charge in [0.1, 0.15) is 5.75 Å². The standard InChI is InChI=1S/C18H27NO2/c1-13-11-14(5-6-16(13)20-3)17(19-2)15-7-10-21-18(12-15)8-4-9-18/h5-6,11,15,17,19H,4,7-10,12H2,1-3H3. The van der Waals surface area contributed by atoms with Crippen LogP contribution in [0.3, 0.4) is 0 Å². The summed E-state index contributed by atoms with van der Waals surface area (Å²) in [6.07, 6.45) is 6.18. The van der Waals surface area contributed by atoms with E-state index < -0.39 is 0 Å². The zero-order valence-electron chi connectivity index (χ0n) is 13.4. The van der Waals surface area contributed by atoms with Crippen molar-refractivity contribution in [3.8, 4) is 5.75 Å². The molecule has 0 radical (unpaired) electrons. The van der Waals surface area contributed by atoms with Crippen LogP contribution in [0.1, 0.15) is 49.3 Å². The number of benzene rings is 1. The van der Waals surface area contributed by atoms with Gasteiger partial charge in [0.25, 0.3) is 0 Å². The van der Waals surface area contributed by atoms with Gasteiger partial charge in [0, 0.05) is 12.6 Å². The minimum absolute atomic E-state index is 0.208. The van der Waals surface area contributed by atoms with Gasteiger partial charge in [-0.05, 0) is 69.2 Å². The van der Waals surface area contributed by atoms with Gasteiger partial charge in [0.05, 0.1) is 12.7 Å². The van der Waals surface area contributed by atoms with Crippen molar-refractivity contribution in [2.45, 2.75) is 50.7 Å². The van der Waals surface area contributed by atoms with Crippen molar-refractivity contribution in [1.82, 2.24) is 5.32 Å². The van der Waals surface area contributed by atoms with E-state index in [2.05, 4.69) is 37.5 Å². The third-order valence-corrected chi connectivity index (χ3v) is 5.36. The van der Waals surface area contributed by atoms with Crippen molar-refractivity contribution >= 4 is 0 Å². The molecule has 1 aliphatic carbocycles. The van der Waals surface area contributed by atoms with Crippen molar-refractivity contribution in [2.75, 3.05) is 20.8 Å². The Morgan fingerprint density at radius 3 is 2.76 bits per heavy atom. The summed E-state index contributed by atoms with van der Waals surface area (Å²) in [5, 5.41) is 3.54. The van der Waals surface area contributed by atoms with Gasteiger partial charge in [0.15, 0.2) is 0 Å². The number of hydrogen-bond acceptors (Lipinski definition) is 3. The van der Waals surface area contributed by atoms with Crippen LogP contribution in [0.4, 0.5) is 0 Å².